The van der Waals surface area contributed by atoms with Crippen LogP contribution in [0.5, 0.6) is 0 Å². The van der Waals surface area contributed by atoms with Gasteiger partial charge in [0.15, 0.2) is 0 Å². The Bertz CT molecular complexity index is 524. The Morgan fingerprint density at radius 2 is 2.14 bits per heavy atom. The van der Waals surface area contributed by atoms with E-state index in [1.54, 1.807) is 0 Å². The first-order valence-electron chi connectivity index (χ1n) is 7.63. The molecule has 1 atom stereocenters. The molecule has 1 saturated carbocycles. The van der Waals surface area contributed by atoms with Crippen LogP contribution in [0.2, 0.25) is 5.02 Å². The third-order valence-corrected chi connectivity index (χ3v) is 4.79. The summed E-state index contributed by atoms with van der Waals surface area (Å²) in [6, 6.07) is 5.84. The maximum absolute atomic E-state index is 13.0. The van der Waals surface area contributed by atoms with Gasteiger partial charge in [-0.15, -0.1) is 0 Å². The van der Waals surface area contributed by atoms with E-state index >= 15 is 0 Å². The first kappa shape index (κ1) is 16.0. The predicted octanol–water partition coefficient (Wildman–Crippen LogP) is 4.46. The van der Waals surface area contributed by atoms with Crippen LogP contribution in [-0.4, -0.2) is 29.1 Å². The molecule has 1 amide bonds. The number of rotatable bonds is 5. The number of nitrogens with zero attached hydrogens (tertiary/aromatic N) is 1. The Morgan fingerprint density at radius 3 is 2.76 bits per heavy atom. The second-order valence-electron chi connectivity index (χ2n) is 5.85. The van der Waals surface area contributed by atoms with E-state index in [1.165, 1.54) is 19.1 Å². The van der Waals surface area contributed by atoms with Gasteiger partial charge in [0.1, 0.15) is 0 Å². The number of amides is 1. The molecule has 3 nitrogen and oxygen atoms in total. The van der Waals surface area contributed by atoms with Crippen LogP contribution >= 0.6 is 11.6 Å². The molecule has 0 spiro atoms. The molecule has 1 fully saturated rings. The smallest absolute Gasteiger partial charge is 0.254 e. The summed E-state index contributed by atoms with van der Waals surface area (Å²) in [5, 5.41) is 7.97. The van der Waals surface area contributed by atoms with E-state index in [4.69, 9.17) is 17.0 Å². The van der Waals surface area contributed by atoms with E-state index in [9.17, 15) is 4.79 Å². The van der Waals surface area contributed by atoms with Crippen molar-refractivity contribution in [1.29, 1.82) is 5.41 Å². The maximum Gasteiger partial charge on any atom is 0.254 e. The quantitative estimate of drug-likeness (QED) is 0.802. The molecule has 0 aromatic heterocycles. The van der Waals surface area contributed by atoms with Gasteiger partial charge in [0.2, 0.25) is 0 Å². The molecule has 2 rings (SSSR count). The third kappa shape index (κ3) is 3.46. The van der Waals surface area contributed by atoms with Gasteiger partial charge in [0, 0.05) is 29.1 Å². The fourth-order valence-corrected chi connectivity index (χ4v) is 3.35. The molecule has 0 unspecified atom stereocenters. The van der Waals surface area contributed by atoms with E-state index in [1.807, 2.05) is 36.9 Å². The highest BCUT2D eigenvalue weighted by atomic mass is 35.5. The van der Waals surface area contributed by atoms with Crippen molar-refractivity contribution in [1.82, 2.24) is 4.90 Å². The zero-order valence-corrected chi connectivity index (χ0v) is 13.5. The Kier molecular flexibility index (Phi) is 5.40. The highest BCUT2D eigenvalue weighted by Gasteiger charge is 2.31. The van der Waals surface area contributed by atoms with Gasteiger partial charge in [-0.05, 0) is 50.6 Å². The van der Waals surface area contributed by atoms with Gasteiger partial charge in [0.25, 0.3) is 5.91 Å². The summed E-state index contributed by atoms with van der Waals surface area (Å²) in [5.74, 6) is 0.0521. The van der Waals surface area contributed by atoms with Crippen LogP contribution in [0.15, 0.2) is 18.2 Å². The van der Waals surface area contributed by atoms with Crippen LogP contribution in [0.1, 0.15) is 54.9 Å². The van der Waals surface area contributed by atoms with E-state index in [0.717, 1.165) is 18.4 Å². The molecule has 0 bridgehead atoms. The largest absolute Gasteiger partial charge is 0.333 e. The van der Waals surface area contributed by atoms with Crippen molar-refractivity contribution in [2.75, 3.05) is 0 Å². The molecule has 0 radical (unpaired) electrons. The lowest BCUT2D eigenvalue weighted by atomic mass is 10.0. The van der Waals surface area contributed by atoms with E-state index in [2.05, 4.69) is 0 Å². The average Bonchev–Trinajstić information content (AvgIpc) is 2.96. The van der Waals surface area contributed by atoms with Crippen molar-refractivity contribution in [3.05, 3.63) is 34.3 Å². The molecule has 1 aromatic carbocycles. The third-order valence-electron chi connectivity index (χ3n) is 4.38. The lowest BCUT2D eigenvalue weighted by Crippen LogP contribution is -2.45. The number of nitrogens with one attached hydrogen (secondary N) is 1. The summed E-state index contributed by atoms with van der Waals surface area (Å²) in [5.41, 5.74) is 1.53. The van der Waals surface area contributed by atoms with Crippen molar-refractivity contribution in [3.63, 3.8) is 0 Å². The number of carbonyl (C=O) groups excluding carboxylic acids is 1. The second-order valence-corrected chi connectivity index (χ2v) is 6.26. The number of benzene rings is 1. The number of halogens is 1. The van der Waals surface area contributed by atoms with Crippen LogP contribution in [-0.2, 0) is 0 Å². The molecule has 1 aliphatic rings. The van der Waals surface area contributed by atoms with Crippen molar-refractivity contribution < 1.29 is 4.79 Å². The molecule has 1 aromatic rings. The summed E-state index contributed by atoms with van der Waals surface area (Å²) in [6.45, 7) is 3.92. The molecule has 1 N–H and O–H groups in total. The van der Waals surface area contributed by atoms with Crippen molar-refractivity contribution >= 4 is 23.7 Å². The van der Waals surface area contributed by atoms with Gasteiger partial charge in [0.05, 0.1) is 0 Å². The first-order chi connectivity index (χ1) is 10.1. The highest BCUT2D eigenvalue weighted by molar-refractivity contribution is 6.31. The van der Waals surface area contributed by atoms with E-state index in [0.29, 0.717) is 23.0 Å². The SMILES string of the molecule is Cc1c(Cl)cccc1C(=O)N(C1CCCC1)[C@@H](C)CC=N. The summed E-state index contributed by atoms with van der Waals surface area (Å²) >= 11 is 6.16. The lowest BCUT2D eigenvalue weighted by molar-refractivity contribution is 0.0602. The van der Waals surface area contributed by atoms with E-state index < -0.39 is 0 Å². The minimum absolute atomic E-state index is 0.0521. The lowest BCUT2D eigenvalue weighted by Gasteiger charge is -2.34. The molecule has 0 saturated heterocycles. The Balaban J connectivity index is 2.32. The minimum atomic E-state index is 0.0521. The predicted molar refractivity (Wildman–Crippen MR) is 87.5 cm³/mol. The molecule has 0 heterocycles. The topological polar surface area (TPSA) is 44.2 Å². The van der Waals surface area contributed by atoms with Gasteiger partial charge in [-0.3, -0.25) is 4.79 Å². The zero-order valence-electron chi connectivity index (χ0n) is 12.7. The second kappa shape index (κ2) is 7.08. The number of carbonyl (C=O) groups is 1. The fourth-order valence-electron chi connectivity index (χ4n) is 3.17. The van der Waals surface area contributed by atoms with Crippen molar-refractivity contribution in [3.8, 4) is 0 Å². The van der Waals surface area contributed by atoms with Crippen LogP contribution in [0.25, 0.3) is 0 Å². The fraction of sp³-hybridized carbons (Fsp3) is 0.529. The van der Waals surface area contributed by atoms with Crippen LogP contribution in [0.4, 0.5) is 0 Å². The monoisotopic (exact) mass is 306 g/mol. The van der Waals surface area contributed by atoms with Crippen LogP contribution in [0, 0.1) is 12.3 Å². The number of hydrogen-bond donors (Lipinski definition) is 1. The minimum Gasteiger partial charge on any atom is -0.333 e. The Hall–Kier alpha value is -1.35. The maximum atomic E-state index is 13.0. The van der Waals surface area contributed by atoms with Gasteiger partial charge in [-0.2, -0.15) is 0 Å². The normalized spacial score (nSPS) is 16.7. The summed E-state index contributed by atoms with van der Waals surface area (Å²) < 4.78 is 0. The average molecular weight is 307 g/mol. The number of hydrogen-bond acceptors (Lipinski definition) is 2. The van der Waals surface area contributed by atoms with Gasteiger partial charge in [-0.1, -0.05) is 30.5 Å². The van der Waals surface area contributed by atoms with Gasteiger partial charge >= 0.3 is 0 Å². The molecule has 0 aliphatic heterocycles. The Labute approximate surface area is 131 Å². The summed E-state index contributed by atoms with van der Waals surface area (Å²) in [7, 11) is 0. The van der Waals surface area contributed by atoms with Crippen LogP contribution in [0.3, 0.4) is 0 Å². The molecular weight excluding hydrogens is 284 g/mol. The molecule has 4 heteroatoms. The highest BCUT2D eigenvalue weighted by Crippen LogP contribution is 2.29. The molecule has 21 heavy (non-hydrogen) atoms. The summed E-state index contributed by atoms with van der Waals surface area (Å²) in [6.07, 6.45) is 6.48. The molecular formula is C17H23ClN2O. The molecule has 1 aliphatic carbocycles. The van der Waals surface area contributed by atoms with Crippen molar-refractivity contribution in [2.24, 2.45) is 0 Å². The Morgan fingerprint density at radius 1 is 1.48 bits per heavy atom. The van der Waals surface area contributed by atoms with E-state index in [-0.39, 0.29) is 11.9 Å². The molecule has 114 valence electrons. The van der Waals surface area contributed by atoms with Gasteiger partial charge in [-0.25, -0.2) is 0 Å². The first-order valence-corrected chi connectivity index (χ1v) is 8.00. The standard InChI is InChI=1S/C17H23ClN2O/c1-12(10-11-19)20(14-6-3-4-7-14)17(21)15-8-5-9-16(18)13(15)2/h5,8-9,11-12,14,19H,3-4,6-7,10H2,1-2H3/t12-/m0/s1. The van der Waals surface area contributed by atoms with Crippen LogP contribution < -0.4 is 0 Å². The zero-order chi connectivity index (χ0) is 15.4. The summed E-state index contributed by atoms with van der Waals surface area (Å²) in [4.78, 5) is 15.0. The van der Waals surface area contributed by atoms with Gasteiger partial charge < -0.3 is 10.3 Å². The van der Waals surface area contributed by atoms with Crippen molar-refractivity contribution in [2.45, 2.75) is 58.0 Å².